The molecule has 7 heteroatoms. The second kappa shape index (κ2) is 4.68. The summed E-state index contributed by atoms with van der Waals surface area (Å²) in [7, 11) is 0. The van der Waals surface area contributed by atoms with E-state index in [1.54, 1.807) is 18.5 Å². The van der Waals surface area contributed by atoms with Crippen molar-refractivity contribution in [3.05, 3.63) is 46.5 Å². The van der Waals surface area contributed by atoms with Crippen LogP contribution in [0.4, 0.5) is 5.82 Å². The van der Waals surface area contributed by atoms with E-state index in [0.717, 1.165) is 5.56 Å². The Hall–Kier alpha value is -1.85. The van der Waals surface area contributed by atoms with Gasteiger partial charge in [-0.3, -0.25) is 0 Å². The third-order valence-electron chi connectivity index (χ3n) is 2.78. The lowest BCUT2D eigenvalue weighted by molar-refractivity contribution is 0.763. The molecular formula is C12H9Cl2N5. The average Bonchev–Trinajstić information content (AvgIpc) is 2.87. The summed E-state index contributed by atoms with van der Waals surface area (Å²) in [5.74, 6) is 1.03. The summed E-state index contributed by atoms with van der Waals surface area (Å²) < 4.78 is 1.83. The molecule has 2 aliphatic heterocycles. The number of halogens is 2. The number of nitrogens with two attached hydrogens (primary N) is 1. The van der Waals surface area contributed by atoms with Crippen LogP contribution in [-0.4, -0.2) is 19.5 Å². The van der Waals surface area contributed by atoms with Gasteiger partial charge in [0.15, 0.2) is 11.6 Å². The molecule has 0 saturated heterocycles. The number of anilines is 1. The monoisotopic (exact) mass is 293 g/mol. The van der Waals surface area contributed by atoms with E-state index in [-0.39, 0.29) is 0 Å². The van der Waals surface area contributed by atoms with Crippen LogP contribution < -0.4 is 5.73 Å². The van der Waals surface area contributed by atoms with Crippen LogP contribution in [0, 0.1) is 0 Å². The van der Waals surface area contributed by atoms with Gasteiger partial charge in [0.25, 0.3) is 0 Å². The number of nitrogens with zero attached hydrogens (tertiary/aromatic N) is 4. The molecule has 2 aliphatic rings. The number of fused-ring (bicyclic) bond motifs is 1. The number of nitrogen functional groups attached to an aromatic ring is 1. The summed E-state index contributed by atoms with van der Waals surface area (Å²) >= 11 is 12.1. The van der Waals surface area contributed by atoms with Crippen LogP contribution in [0.2, 0.25) is 10.0 Å². The minimum Gasteiger partial charge on any atom is -0.382 e. The first-order valence-corrected chi connectivity index (χ1v) is 6.26. The van der Waals surface area contributed by atoms with Crippen molar-refractivity contribution in [1.82, 2.24) is 19.5 Å². The fourth-order valence-corrected chi connectivity index (χ4v) is 2.23. The van der Waals surface area contributed by atoms with Crippen LogP contribution in [0.5, 0.6) is 0 Å². The van der Waals surface area contributed by atoms with Gasteiger partial charge in [-0.25, -0.2) is 15.0 Å². The van der Waals surface area contributed by atoms with Gasteiger partial charge >= 0.3 is 0 Å². The molecule has 3 rings (SSSR count). The Morgan fingerprint density at radius 3 is 2.84 bits per heavy atom. The molecule has 2 N–H and O–H groups in total. The minimum atomic E-state index is 0.362. The Balaban J connectivity index is 2.04. The summed E-state index contributed by atoms with van der Waals surface area (Å²) in [4.78, 5) is 12.4. The quantitative estimate of drug-likeness (QED) is 0.789. The van der Waals surface area contributed by atoms with Crippen molar-refractivity contribution >= 4 is 29.0 Å². The zero-order chi connectivity index (χ0) is 13.4. The first-order valence-electron chi connectivity index (χ1n) is 5.50. The molecule has 2 heterocycles. The topological polar surface area (TPSA) is 69.6 Å². The molecule has 1 aromatic rings. The Kier molecular flexibility index (Phi) is 3.00. The van der Waals surface area contributed by atoms with Crippen LogP contribution >= 0.6 is 23.2 Å². The maximum atomic E-state index is 6.15. The van der Waals surface area contributed by atoms with E-state index < -0.39 is 0 Å². The third kappa shape index (κ3) is 2.22. The summed E-state index contributed by atoms with van der Waals surface area (Å²) in [5, 5.41) is 1.27. The van der Waals surface area contributed by atoms with Crippen LogP contribution in [0.1, 0.15) is 5.56 Å². The van der Waals surface area contributed by atoms with E-state index in [2.05, 4.69) is 15.0 Å². The Labute approximate surface area is 119 Å². The van der Waals surface area contributed by atoms with Gasteiger partial charge in [-0.15, -0.1) is 0 Å². The van der Waals surface area contributed by atoms with E-state index in [0.29, 0.717) is 33.9 Å². The number of benzene rings is 1. The second-order valence-electron chi connectivity index (χ2n) is 4.04. The fraction of sp³-hybridized carbons (Fsp3) is 0.0833. The van der Waals surface area contributed by atoms with Gasteiger partial charge in [0.1, 0.15) is 12.0 Å². The highest BCUT2D eigenvalue weighted by Gasteiger charge is 2.15. The standard InChI is InChI=1S/C12H9Cl2N5/c13-8-1-2-9(14)7(3-8)4-19-6-18-11(15)10-12(19)17-5-16-10/h1-3,5-6H,4,15H2. The molecule has 0 amide bonds. The molecule has 0 fully saturated rings. The molecule has 0 unspecified atom stereocenters. The van der Waals surface area contributed by atoms with Gasteiger partial charge in [0.05, 0.1) is 12.9 Å². The van der Waals surface area contributed by atoms with Gasteiger partial charge < -0.3 is 10.3 Å². The normalized spacial score (nSPS) is 11.1. The van der Waals surface area contributed by atoms with Crippen molar-refractivity contribution in [3.8, 4) is 11.5 Å². The predicted octanol–water partition coefficient (Wildman–Crippen LogP) is 2.72. The number of rotatable bonds is 2. The van der Waals surface area contributed by atoms with Crippen molar-refractivity contribution in [3.63, 3.8) is 0 Å². The zero-order valence-electron chi connectivity index (χ0n) is 9.72. The van der Waals surface area contributed by atoms with Crippen molar-refractivity contribution < 1.29 is 0 Å². The largest absolute Gasteiger partial charge is 0.382 e. The molecule has 0 aromatic heterocycles. The van der Waals surface area contributed by atoms with Gasteiger partial charge in [-0.1, -0.05) is 23.2 Å². The summed E-state index contributed by atoms with van der Waals surface area (Å²) in [6, 6.07) is 5.32. The van der Waals surface area contributed by atoms with Crippen molar-refractivity contribution in [2.24, 2.45) is 0 Å². The molecule has 0 radical (unpaired) electrons. The SMILES string of the molecule is Nc1ncn(Cc2cc(Cl)ccc2Cl)c2ncnc1-2. The molecule has 96 valence electrons. The van der Waals surface area contributed by atoms with E-state index in [9.17, 15) is 0 Å². The van der Waals surface area contributed by atoms with Gasteiger partial charge in [0.2, 0.25) is 0 Å². The molecule has 0 saturated carbocycles. The highest BCUT2D eigenvalue weighted by Crippen LogP contribution is 2.25. The number of aromatic nitrogens is 4. The summed E-state index contributed by atoms with van der Waals surface area (Å²) in [6.45, 7) is 0.502. The molecule has 0 atom stereocenters. The highest BCUT2D eigenvalue weighted by atomic mass is 35.5. The Morgan fingerprint density at radius 1 is 1.16 bits per heavy atom. The maximum absolute atomic E-state index is 6.15. The average molecular weight is 294 g/mol. The molecule has 0 aliphatic carbocycles. The van der Waals surface area contributed by atoms with E-state index in [1.807, 2.05) is 10.6 Å². The predicted molar refractivity (Wildman–Crippen MR) is 74.4 cm³/mol. The molecule has 1 aromatic carbocycles. The van der Waals surface area contributed by atoms with Crippen LogP contribution in [-0.2, 0) is 6.54 Å². The maximum Gasteiger partial charge on any atom is 0.165 e. The number of imidazole rings is 1. The lowest BCUT2D eigenvalue weighted by Gasteiger charge is -2.12. The van der Waals surface area contributed by atoms with Crippen molar-refractivity contribution in [2.45, 2.75) is 6.54 Å². The number of hydrogen-bond donors (Lipinski definition) is 1. The summed E-state index contributed by atoms with van der Waals surface area (Å²) in [5.41, 5.74) is 7.21. The summed E-state index contributed by atoms with van der Waals surface area (Å²) in [6.07, 6.45) is 3.07. The van der Waals surface area contributed by atoms with Crippen LogP contribution in [0.25, 0.3) is 11.5 Å². The van der Waals surface area contributed by atoms with Crippen molar-refractivity contribution in [2.75, 3.05) is 5.73 Å². The van der Waals surface area contributed by atoms with Gasteiger partial charge in [0, 0.05) is 10.0 Å². The molecular weight excluding hydrogens is 285 g/mol. The van der Waals surface area contributed by atoms with Gasteiger partial charge in [-0.2, -0.15) is 0 Å². The van der Waals surface area contributed by atoms with Crippen LogP contribution in [0.15, 0.2) is 30.9 Å². The Bertz CT molecular complexity index is 709. The first-order chi connectivity index (χ1) is 9.15. The van der Waals surface area contributed by atoms with Crippen LogP contribution in [0.3, 0.4) is 0 Å². The lowest BCUT2D eigenvalue weighted by Crippen LogP contribution is -2.09. The second-order valence-corrected chi connectivity index (χ2v) is 4.88. The Morgan fingerprint density at radius 2 is 2.00 bits per heavy atom. The molecule has 0 bridgehead atoms. The third-order valence-corrected chi connectivity index (χ3v) is 3.38. The zero-order valence-corrected chi connectivity index (χ0v) is 11.2. The molecule has 19 heavy (non-hydrogen) atoms. The number of hydrogen-bond acceptors (Lipinski definition) is 4. The van der Waals surface area contributed by atoms with E-state index in [4.69, 9.17) is 28.9 Å². The van der Waals surface area contributed by atoms with E-state index in [1.165, 1.54) is 6.33 Å². The smallest absolute Gasteiger partial charge is 0.165 e. The van der Waals surface area contributed by atoms with Crippen molar-refractivity contribution in [1.29, 1.82) is 0 Å². The fourth-order valence-electron chi connectivity index (χ4n) is 1.86. The minimum absolute atomic E-state index is 0.362. The lowest BCUT2D eigenvalue weighted by atomic mass is 10.2. The van der Waals surface area contributed by atoms with Gasteiger partial charge in [-0.05, 0) is 23.8 Å². The molecule has 0 spiro atoms. The molecule has 5 nitrogen and oxygen atoms in total. The highest BCUT2D eigenvalue weighted by molar-refractivity contribution is 6.33. The van der Waals surface area contributed by atoms with E-state index >= 15 is 0 Å². The first kappa shape index (κ1) is 12.2.